The zero-order valence-corrected chi connectivity index (χ0v) is 21.6. The van der Waals surface area contributed by atoms with Crippen LogP contribution in [0.5, 0.6) is 0 Å². The number of hydrogen-bond acceptors (Lipinski definition) is 2. The summed E-state index contributed by atoms with van der Waals surface area (Å²) in [6.07, 6.45) is 5.63. The van der Waals surface area contributed by atoms with Crippen LogP contribution in [0.3, 0.4) is 0 Å². The zero-order chi connectivity index (χ0) is 26.2. The molecule has 2 heterocycles. The average Bonchev–Trinajstić information content (AvgIpc) is 3.03. The lowest BCUT2D eigenvalue weighted by Gasteiger charge is -2.17. The molecule has 0 radical (unpaired) electrons. The molecule has 0 unspecified atom stereocenters. The van der Waals surface area contributed by atoms with Crippen molar-refractivity contribution in [2.24, 2.45) is 0 Å². The Kier molecular flexibility index (Phi) is 4.36. The van der Waals surface area contributed by atoms with Crippen molar-refractivity contribution in [3.05, 3.63) is 134 Å². The van der Waals surface area contributed by atoms with Gasteiger partial charge in [0.25, 0.3) is 0 Å². The summed E-state index contributed by atoms with van der Waals surface area (Å²) in [5, 5.41) is 15.4. The highest BCUT2D eigenvalue weighted by Crippen LogP contribution is 2.44. The average molecular weight is 507 g/mol. The number of pyridine rings is 2. The summed E-state index contributed by atoms with van der Waals surface area (Å²) in [7, 11) is 0. The fourth-order valence-corrected chi connectivity index (χ4v) is 6.70. The molecule has 0 aliphatic carbocycles. The van der Waals surface area contributed by atoms with Gasteiger partial charge in [0.05, 0.1) is 5.69 Å². The van der Waals surface area contributed by atoms with Gasteiger partial charge in [0, 0.05) is 35.3 Å². The van der Waals surface area contributed by atoms with Crippen LogP contribution < -0.4 is 0 Å². The van der Waals surface area contributed by atoms with Gasteiger partial charge in [0.15, 0.2) is 0 Å². The summed E-state index contributed by atoms with van der Waals surface area (Å²) in [4.78, 5) is 9.19. The number of rotatable bonds is 2. The maximum absolute atomic E-state index is 4.92. The molecule has 0 saturated heterocycles. The number of benzene rings is 6. The van der Waals surface area contributed by atoms with E-state index in [0.717, 1.165) is 22.4 Å². The van der Waals surface area contributed by atoms with Crippen molar-refractivity contribution in [1.29, 1.82) is 0 Å². The predicted molar refractivity (Wildman–Crippen MR) is 169 cm³/mol. The summed E-state index contributed by atoms with van der Waals surface area (Å²) in [6.45, 7) is 0. The molecule has 0 aliphatic heterocycles. The normalized spacial score (nSPS) is 12.0. The number of hydrogen-bond donors (Lipinski definition) is 0. The van der Waals surface area contributed by atoms with Gasteiger partial charge >= 0.3 is 0 Å². The molecule has 0 N–H and O–H groups in total. The third-order valence-corrected chi connectivity index (χ3v) is 8.48. The minimum absolute atomic E-state index is 0.965. The summed E-state index contributed by atoms with van der Waals surface area (Å²) in [6, 6.07) is 42.2. The van der Waals surface area contributed by atoms with E-state index in [-0.39, 0.29) is 0 Å². The van der Waals surface area contributed by atoms with E-state index in [1.54, 1.807) is 6.20 Å². The molecule has 0 aliphatic rings. The second-order valence-corrected chi connectivity index (χ2v) is 10.6. The Labute approximate surface area is 230 Å². The van der Waals surface area contributed by atoms with Crippen molar-refractivity contribution in [3.63, 3.8) is 0 Å². The van der Waals surface area contributed by atoms with Crippen LogP contribution in [0, 0.1) is 0 Å². The number of fused-ring (bicyclic) bond motifs is 2. The van der Waals surface area contributed by atoms with Gasteiger partial charge in [-0.1, -0.05) is 91.0 Å². The predicted octanol–water partition coefficient (Wildman–Crippen LogP) is 10.2. The molecular weight excluding hydrogens is 484 g/mol. The minimum atomic E-state index is 0.965. The first-order valence-corrected chi connectivity index (χ1v) is 13.6. The van der Waals surface area contributed by atoms with Gasteiger partial charge in [0.2, 0.25) is 0 Å². The highest BCUT2D eigenvalue weighted by atomic mass is 14.7. The first kappa shape index (κ1) is 21.6. The van der Waals surface area contributed by atoms with E-state index >= 15 is 0 Å². The Hall–Kier alpha value is -5.34. The maximum atomic E-state index is 4.92. The third kappa shape index (κ3) is 2.99. The molecule has 2 heteroatoms. The SMILES string of the molecule is c1cncc(-c2ccc(-c3cc4ccc5cccc6c7cccc8ccc9cccc(c(c3)c4c56)c9c87)nc2)c1. The molecular formula is C38H22N2. The molecule has 0 saturated carbocycles. The first-order valence-electron chi connectivity index (χ1n) is 13.6. The summed E-state index contributed by atoms with van der Waals surface area (Å²) in [5.41, 5.74) is 4.22. The summed E-state index contributed by atoms with van der Waals surface area (Å²) >= 11 is 0. The van der Waals surface area contributed by atoms with Crippen molar-refractivity contribution >= 4 is 64.6 Å². The Morgan fingerprint density at radius 1 is 0.375 bits per heavy atom. The number of nitrogens with zero attached hydrogens (tertiary/aromatic N) is 2. The second-order valence-electron chi connectivity index (χ2n) is 10.6. The van der Waals surface area contributed by atoms with Gasteiger partial charge in [-0.3, -0.25) is 9.97 Å². The van der Waals surface area contributed by atoms with Crippen molar-refractivity contribution < 1.29 is 0 Å². The molecule has 40 heavy (non-hydrogen) atoms. The van der Waals surface area contributed by atoms with Gasteiger partial charge in [-0.05, 0) is 88.9 Å². The highest BCUT2D eigenvalue weighted by Gasteiger charge is 2.16. The molecule has 0 amide bonds. The van der Waals surface area contributed by atoms with Gasteiger partial charge < -0.3 is 0 Å². The first-order chi connectivity index (χ1) is 19.8. The highest BCUT2D eigenvalue weighted by molar-refractivity contribution is 6.37. The van der Waals surface area contributed by atoms with Crippen molar-refractivity contribution in [2.75, 3.05) is 0 Å². The van der Waals surface area contributed by atoms with Gasteiger partial charge in [0.1, 0.15) is 0 Å². The van der Waals surface area contributed by atoms with Crippen LogP contribution in [0.4, 0.5) is 0 Å². The van der Waals surface area contributed by atoms with Crippen LogP contribution >= 0.6 is 0 Å². The fourth-order valence-electron chi connectivity index (χ4n) is 6.70. The Morgan fingerprint density at radius 2 is 0.950 bits per heavy atom. The Bertz CT molecular complexity index is 2400. The van der Waals surface area contributed by atoms with Crippen LogP contribution in [-0.4, -0.2) is 9.97 Å². The maximum Gasteiger partial charge on any atom is 0.0702 e. The van der Waals surface area contributed by atoms with E-state index in [9.17, 15) is 0 Å². The molecule has 184 valence electrons. The molecule has 9 rings (SSSR count). The standard InChI is InChI=1S/C38H22N2/c1-5-23-12-13-24-7-3-11-32-33-20-29(34-17-16-28(22-40-34)27-8-4-18-39-21-27)19-26-15-14-25-6-2-10-31(36(25)38(26)33)30(9-1)35(23)37(24)32/h1-22H. The quantitative estimate of drug-likeness (QED) is 0.218. The van der Waals surface area contributed by atoms with Crippen LogP contribution in [-0.2, 0) is 0 Å². The van der Waals surface area contributed by atoms with E-state index < -0.39 is 0 Å². The molecule has 7 aromatic carbocycles. The molecule has 0 spiro atoms. The van der Waals surface area contributed by atoms with Crippen molar-refractivity contribution in [3.8, 4) is 22.4 Å². The largest absolute Gasteiger partial charge is 0.264 e. The molecule has 0 fully saturated rings. The minimum Gasteiger partial charge on any atom is -0.264 e. The second kappa shape index (κ2) is 8.08. The van der Waals surface area contributed by atoms with Crippen LogP contribution in [0.15, 0.2) is 134 Å². The van der Waals surface area contributed by atoms with E-state index in [0.29, 0.717) is 0 Å². The molecule has 9 aromatic rings. The summed E-state index contributed by atoms with van der Waals surface area (Å²) in [5.74, 6) is 0. The van der Waals surface area contributed by atoms with Crippen LogP contribution in [0.25, 0.3) is 87.0 Å². The topological polar surface area (TPSA) is 25.8 Å². The zero-order valence-electron chi connectivity index (χ0n) is 21.6. The third-order valence-electron chi connectivity index (χ3n) is 8.48. The van der Waals surface area contributed by atoms with Gasteiger partial charge in [-0.2, -0.15) is 0 Å². The Morgan fingerprint density at radius 3 is 1.52 bits per heavy atom. The van der Waals surface area contributed by atoms with E-state index in [4.69, 9.17) is 4.98 Å². The molecule has 0 bridgehead atoms. The van der Waals surface area contributed by atoms with E-state index in [2.05, 4.69) is 114 Å². The lowest BCUT2D eigenvalue weighted by Crippen LogP contribution is -1.90. The van der Waals surface area contributed by atoms with E-state index in [1.165, 1.54) is 64.6 Å². The van der Waals surface area contributed by atoms with Crippen LogP contribution in [0.1, 0.15) is 0 Å². The van der Waals surface area contributed by atoms with Gasteiger partial charge in [-0.25, -0.2) is 0 Å². The fraction of sp³-hybridized carbons (Fsp3) is 0. The van der Waals surface area contributed by atoms with E-state index in [1.807, 2.05) is 18.5 Å². The lowest BCUT2D eigenvalue weighted by atomic mass is 9.87. The van der Waals surface area contributed by atoms with Crippen LogP contribution in [0.2, 0.25) is 0 Å². The molecule has 0 atom stereocenters. The van der Waals surface area contributed by atoms with Crippen molar-refractivity contribution in [2.45, 2.75) is 0 Å². The number of aromatic nitrogens is 2. The molecule has 2 nitrogen and oxygen atoms in total. The van der Waals surface area contributed by atoms with Gasteiger partial charge in [-0.15, -0.1) is 0 Å². The smallest absolute Gasteiger partial charge is 0.0702 e. The monoisotopic (exact) mass is 506 g/mol. The molecule has 2 aromatic heterocycles. The summed E-state index contributed by atoms with van der Waals surface area (Å²) < 4.78 is 0. The van der Waals surface area contributed by atoms with Crippen molar-refractivity contribution in [1.82, 2.24) is 9.97 Å². The lowest BCUT2D eigenvalue weighted by molar-refractivity contribution is 1.30. The Balaban J connectivity index is 1.46.